The molecule has 8 nitrogen and oxygen atoms in total. The molecule has 0 saturated carbocycles. The van der Waals surface area contributed by atoms with E-state index in [4.69, 9.17) is 14.3 Å². The highest BCUT2D eigenvalue weighted by atomic mass is 32.2. The minimum absolute atomic E-state index is 0.00445. The Morgan fingerprint density at radius 1 is 1.38 bits per heavy atom. The number of hydrogen-bond acceptors (Lipinski definition) is 7. The van der Waals surface area contributed by atoms with Gasteiger partial charge in [0.05, 0.1) is 31.4 Å². The number of likely N-dealkylation sites (N-methyl/N-ethyl adjacent to an activating group) is 1. The predicted octanol–water partition coefficient (Wildman–Crippen LogP) is 1.09. The van der Waals surface area contributed by atoms with Crippen LogP contribution in [-0.2, 0) is 19.5 Å². The van der Waals surface area contributed by atoms with Crippen LogP contribution in [0.25, 0.3) is 0 Å². The van der Waals surface area contributed by atoms with E-state index in [9.17, 15) is 13.2 Å². The molecule has 26 heavy (non-hydrogen) atoms. The molecule has 2 rings (SSSR count). The normalized spacial score (nSPS) is 18.7. The lowest BCUT2D eigenvalue weighted by Crippen LogP contribution is -2.39. The van der Waals surface area contributed by atoms with E-state index in [-0.39, 0.29) is 30.1 Å². The van der Waals surface area contributed by atoms with Gasteiger partial charge < -0.3 is 19.2 Å². The van der Waals surface area contributed by atoms with Crippen molar-refractivity contribution in [2.24, 2.45) is 5.16 Å². The lowest BCUT2D eigenvalue weighted by molar-refractivity contribution is -0.136. The Morgan fingerprint density at radius 2 is 2.15 bits per heavy atom. The highest BCUT2D eigenvalue weighted by Gasteiger charge is 2.32. The first-order chi connectivity index (χ1) is 12.4. The third-order valence-corrected chi connectivity index (χ3v) is 5.85. The number of nitrogens with zero attached hydrogens (tertiary/aromatic N) is 2. The van der Waals surface area contributed by atoms with Crippen LogP contribution in [0, 0.1) is 0 Å². The van der Waals surface area contributed by atoms with Gasteiger partial charge in [0, 0.05) is 18.7 Å². The second-order valence-electron chi connectivity index (χ2n) is 5.91. The van der Waals surface area contributed by atoms with Crippen LogP contribution in [-0.4, -0.2) is 70.4 Å². The van der Waals surface area contributed by atoms with Crippen molar-refractivity contribution in [3.05, 3.63) is 23.8 Å². The molecular formula is C17H24N2O6S. The summed E-state index contributed by atoms with van der Waals surface area (Å²) < 4.78 is 33.7. The van der Waals surface area contributed by atoms with Crippen molar-refractivity contribution < 1.29 is 27.5 Å². The van der Waals surface area contributed by atoms with E-state index in [1.807, 2.05) is 6.92 Å². The summed E-state index contributed by atoms with van der Waals surface area (Å²) in [4.78, 5) is 18.5. The van der Waals surface area contributed by atoms with Crippen LogP contribution in [0.5, 0.6) is 11.5 Å². The molecule has 0 bridgehead atoms. The van der Waals surface area contributed by atoms with Crippen molar-refractivity contribution in [1.82, 2.24) is 4.90 Å². The maximum Gasteiger partial charge on any atom is 0.263 e. The fourth-order valence-electron chi connectivity index (χ4n) is 2.62. The lowest BCUT2D eigenvalue weighted by Gasteiger charge is -2.22. The van der Waals surface area contributed by atoms with Crippen LogP contribution in [0.3, 0.4) is 0 Å². The van der Waals surface area contributed by atoms with E-state index < -0.39 is 9.84 Å². The molecule has 9 heteroatoms. The Labute approximate surface area is 153 Å². The number of rotatable bonds is 8. The van der Waals surface area contributed by atoms with Gasteiger partial charge in [-0.25, -0.2) is 8.42 Å². The molecule has 1 aromatic rings. The zero-order chi connectivity index (χ0) is 19.2. The van der Waals surface area contributed by atoms with Gasteiger partial charge in [-0.15, -0.1) is 0 Å². The van der Waals surface area contributed by atoms with Crippen LogP contribution in [0.2, 0.25) is 0 Å². The van der Waals surface area contributed by atoms with Crippen molar-refractivity contribution in [2.75, 3.05) is 38.9 Å². The summed E-state index contributed by atoms with van der Waals surface area (Å²) in [6.45, 7) is 2.17. The average Bonchev–Trinajstić information content (AvgIpc) is 2.98. The zero-order valence-corrected chi connectivity index (χ0v) is 16.0. The molecule has 1 aliphatic rings. The SMILES string of the molecule is CCOc1ccc(/C=N\OCC(=O)N(C)[C@@H]2CCS(=O)(=O)C2)cc1OC. The summed E-state index contributed by atoms with van der Waals surface area (Å²) in [6.07, 6.45) is 1.92. The van der Waals surface area contributed by atoms with E-state index in [0.29, 0.717) is 24.5 Å². The lowest BCUT2D eigenvalue weighted by atomic mass is 10.2. The summed E-state index contributed by atoms with van der Waals surface area (Å²) in [5.74, 6) is 1.03. The van der Waals surface area contributed by atoms with Crippen molar-refractivity contribution in [1.29, 1.82) is 0 Å². The van der Waals surface area contributed by atoms with Crippen LogP contribution in [0.1, 0.15) is 18.9 Å². The first-order valence-electron chi connectivity index (χ1n) is 8.28. The molecule has 1 fully saturated rings. The van der Waals surface area contributed by atoms with Crippen LogP contribution < -0.4 is 9.47 Å². The molecule has 1 atom stereocenters. The number of ether oxygens (including phenoxy) is 2. The van der Waals surface area contributed by atoms with Crippen LogP contribution >= 0.6 is 0 Å². The Kier molecular flexibility index (Phi) is 6.84. The van der Waals surface area contributed by atoms with E-state index >= 15 is 0 Å². The maximum absolute atomic E-state index is 12.1. The minimum atomic E-state index is -3.04. The molecule has 144 valence electrons. The van der Waals surface area contributed by atoms with Crippen molar-refractivity contribution in [3.63, 3.8) is 0 Å². The molecule has 0 spiro atoms. The van der Waals surface area contributed by atoms with Gasteiger partial charge in [0.2, 0.25) is 0 Å². The first-order valence-corrected chi connectivity index (χ1v) is 10.1. The molecule has 0 aromatic heterocycles. The van der Waals surface area contributed by atoms with Gasteiger partial charge in [0.15, 0.2) is 27.9 Å². The highest BCUT2D eigenvalue weighted by Crippen LogP contribution is 2.27. The molecule has 1 aliphatic heterocycles. The van der Waals surface area contributed by atoms with Crippen molar-refractivity contribution in [2.45, 2.75) is 19.4 Å². The molecule has 0 aliphatic carbocycles. The Morgan fingerprint density at radius 3 is 2.77 bits per heavy atom. The fourth-order valence-corrected chi connectivity index (χ4v) is 4.39. The number of amides is 1. The predicted molar refractivity (Wildman–Crippen MR) is 97.5 cm³/mol. The standard InChI is InChI=1S/C17H24N2O6S/c1-4-24-15-6-5-13(9-16(15)23-3)10-18-25-11-17(20)19(2)14-7-8-26(21,22)12-14/h5-6,9-10,14H,4,7-8,11-12H2,1-3H3/b18-10-/t14-/m1/s1. The van der Waals surface area contributed by atoms with E-state index in [0.717, 1.165) is 5.56 Å². The summed E-state index contributed by atoms with van der Waals surface area (Å²) in [6, 6.07) is 5.01. The molecule has 1 amide bonds. The number of methoxy groups -OCH3 is 1. The van der Waals surface area contributed by atoms with E-state index in [1.165, 1.54) is 11.1 Å². The van der Waals surface area contributed by atoms with E-state index in [2.05, 4.69) is 5.16 Å². The number of carbonyl (C=O) groups is 1. The van der Waals surface area contributed by atoms with Crippen LogP contribution in [0.4, 0.5) is 0 Å². The Hall–Kier alpha value is -2.29. The van der Waals surface area contributed by atoms with Gasteiger partial charge in [-0.05, 0) is 31.5 Å². The molecule has 1 aromatic carbocycles. The van der Waals surface area contributed by atoms with Crippen molar-refractivity contribution in [3.8, 4) is 11.5 Å². The number of hydrogen-bond donors (Lipinski definition) is 0. The van der Waals surface area contributed by atoms with Crippen molar-refractivity contribution >= 4 is 22.0 Å². The molecule has 0 N–H and O–H groups in total. The second-order valence-corrected chi connectivity index (χ2v) is 8.14. The number of benzene rings is 1. The fraction of sp³-hybridized carbons (Fsp3) is 0.529. The topological polar surface area (TPSA) is 94.5 Å². The summed E-state index contributed by atoms with van der Waals surface area (Å²) in [7, 11) is 0.0941. The largest absolute Gasteiger partial charge is 0.493 e. The number of sulfone groups is 1. The van der Waals surface area contributed by atoms with E-state index in [1.54, 1.807) is 32.4 Å². The zero-order valence-electron chi connectivity index (χ0n) is 15.2. The van der Waals surface area contributed by atoms with Gasteiger partial charge in [0.1, 0.15) is 0 Å². The number of oxime groups is 1. The Balaban J connectivity index is 1.86. The summed E-state index contributed by atoms with van der Waals surface area (Å²) in [5, 5.41) is 3.78. The monoisotopic (exact) mass is 384 g/mol. The quantitative estimate of drug-likeness (QED) is 0.492. The van der Waals surface area contributed by atoms with Gasteiger partial charge in [-0.2, -0.15) is 0 Å². The van der Waals surface area contributed by atoms with Gasteiger partial charge in [-0.3, -0.25) is 4.79 Å². The summed E-state index contributed by atoms with van der Waals surface area (Å²) >= 11 is 0. The van der Waals surface area contributed by atoms with Gasteiger partial charge >= 0.3 is 0 Å². The van der Waals surface area contributed by atoms with Gasteiger partial charge in [0.25, 0.3) is 5.91 Å². The minimum Gasteiger partial charge on any atom is -0.493 e. The van der Waals surface area contributed by atoms with Gasteiger partial charge in [-0.1, -0.05) is 5.16 Å². The third kappa shape index (κ3) is 5.35. The summed E-state index contributed by atoms with van der Waals surface area (Å²) in [5.41, 5.74) is 0.730. The third-order valence-electron chi connectivity index (χ3n) is 4.10. The number of carbonyl (C=O) groups excluding carboxylic acids is 1. The molecular weight excluding hydrogens is 360 g/mol. The molecule has 0 unspecified atom stereocenters. The molecule has 1 heterocycles. The molecule has 1 saturated heterocycles. The highest BCUT2D eigenvalue weighted by molar-refractivity contribution is 7.91. The molecule has 0 radical (unpaired) electrons. The first kappa shape index (κ1) is 20.0. The maximum atomic E-state index is 12.1. The smallest absolute Gasteiger partial charge is 0.263 e. The average molecular weight is 384 g/mol. The van der Waals surface area contributed by atoms with Crippen LogP contribution in [0.15, 0.2) is 23.4 Å². The second kappa shape index (κ2) is 8.88. The Bertz CT molecular complexity index is 763.